The van der Waals surface area contributed by atoms with Crippen LogP contribution < -0.4 is 5.73 Å². The van der Waals surface area contributed by atoms with E-state index in [-0.39, 0.29) is 13.2 Å². The van der Waals surface area contributed by atoms with E-state index in [0.29, 0.717) is 12.8 Å². The molecule has 0 aliphatic heterocycles. The van der Waals surface area contributed by atoms with Crippen molar-refractivity contribution in [3.8, 4) is 11.3 Å². The Morgan fingerprint density at radius 1 is 0.958 bits per heavy atom. The van der Waals surface area contributed by atoms with E-state index in [0.717, 1.165) is 34.3 Å². The summed E-state index contributed by atoms with van der Waals surface area (Å²) in [5, 5.41) is 19.6. The summed E-state index contributed by atoms with van der Waals surface area (Å²) < 4.78 is 5.92. The van der Waals surface area contributed by atoms with Crippen LogP contribution in [-0.4, -0.2) is 29.0 Å². The van der Waals surface area contributed by atoms with Gasteiger partial charge in [0.2, 0.25) is 0 Å². The van der Waals surface area contributed by atoms with Crippen molar-refractivity contribution in [2.24, 2.45) is 5.73 Å². The summed E-state index contributed by atoms with van der Waals surface area (Å²) in [6.45, 7) is -0.141. The number of nitrogens with two attached hydrogens (primary N) is 1. The highest BCUT2D eigenvalue weighted by molar-refractivity contribution is 5.83. The summed E-state index contributed by atoms with van der Waals surface area (Å²) in [6.07, 6.45) is 1.77. The largest absolute Gasteiger partial charge is 0.456 e. The first kappa shape index (κ1) is 16.7. The Morgan fingerprint density at radius 3 is 2.46 bits per heavy atom. The fourth-order valence-electron chi connectivity index (χ4n) is 2.89. The molecule has 3 aromatic rings. The van der Waals surface area contributed by atoms with Gasteiger partial charge in [-0.25, -0.2) is 0 Å². The van der Waals surface area contributed by atoms with Gasteiger partial charge in [0.1, 0.15) is 11.3 Å². The molecule has 4 nitrogen and oxygen atoms in total. The van der Waals surface area contributed by atoms with Crippen molar-refractivity contribution in [1.82, 2.24) is 0 Å². The van der Waals surface area contributed by atoms with Crippen LogP contribution in [0, 0.1) is 0 Å². The van der Waals surface area contributed by atoms with Crippen LogP contribution in [0.3, 0.4) is 0 Å². The number of aliphatic hydroxyl groups excluding tert-OH is 2. The van der Waals surface area contributed by atoms with Gasteiger partial charge in [0, 0.05) is 23.1 Å². The van der Waals surface area contributed by atoms with E-state index in [1.807, 2.05) is 48.5 Å². The number of hydrogen-bond donors (Lipinski definition) is 3. The third kappa shape index (κ3) is 3.67. The lowest BCUT2D eigenvalue weighted by Crippen LogP contribution is -2.44. The van der Waals surface area contributed by atoms with Gasteiger partial charge in [0.25, 0.3) is 0 Å². The molecule has 0 radical (unpaired) electrons. The third-order valence-electron chi connectivity index (χ3n) is 4.48. The van der Waals surface area contributed by atoms with E-state index in [9.17, 15) is 5.11 Å². The van der Waals surface area contributed by atoms with Crippen LogP contribution in [0.2, 0.25) is 0 Å². The first-order valence-corrected chi connectivity index (χ1v) is 8.22. The summed E-state index contributed by atoms with van der Waals surface area (Å²) in [4.78, 5) is 0. The quantitative estimate of drug-likeness (QED) is 0.623. The second-order valence-corrected chi connectivity index (χ2v) is 6.34. The zero-order valence-electron chi connectivity index (χ0n) is 13.6. The molecule has 0 saturated heterocycles. The van der Waals surface area contributed by atoms with E-state index >= 15 is 0 Å². The number of hydrogen-bond acceptors (Lipinski definition) is 4. The lowest BCUT2D eigenvalue weighted by Gasteiger charge is -2.26. The molecule has 3 rings (SSSR count). The monoisotopic (exact) mass is 325 g/mol. The molecular weight excluding hydrogens is 302 g/mol. The molecule has 0 spiro atoms. The van der Waals surface area contributed by atoms with Crippen molar-refractivity contribution < 1.29 is 14.6 Å². The zero-order chi connectivity index (χ0) is 17.0. The molecule has 1 aromatic heterocycles. The van der Waals surface area contributed by atoms with E-state index in [4.69, 9.17) is 15.3 Å². The molecule has 1 heterocycles. The second-order valence-electron chi connectivity index (χ2n) is 6.34. The predicted molar refractivity (Wildman–Crippen MR) is 95.7 cm³/mol. The summed E-state index contributed by atoms with van der Waals surface area (Å²) in [7, 11) is 0. The Kier molecular flexibility index (Phi) is 5.00. The second kappa shape index (κ2) is 7.18. The van der Waals surface area contributed by atoms with Crippen LogP contribution >= 0.6 is 0 Å². The SMILES string of the molecule is NC(CO)(CCO)CCc1ccc2oc(-c3ccccc3)cc2c1. The number of fused-ring (bicyclic) bond motifs is 1. The molecule has 0 saturated carbocycles. The smallest absolute Gasteiger partial charge is 0.135 e. The number of benzene rings is 2. The van der Waals surface area contributed by atoms with Crippen LogP contribution in [0.15, 0.2) is 59.0 Å². The zero-order valence-corrected chi connectivity index (χ0v) is 13.6. The number of aliphatic hydroxyl groups is 2. The van der Waals surface area contributed by atoms with Gasteiger partial charge in [0.15, 0.2) is 0 Å². The van der Waals surface area contributed by atoms with E-state index in [1.165, 1.54) is 0 Å². The molecule has 0 bridgehead atoms. The van der Waals surface area contributed by atoms with Gasteiger partial charge in [-0.3, -0.25) is 0 Å². The molecule has 4 N–H and O–H groups in total. The molecule has 1 atom stereocenters. The van der Waals surface area contributed by atoms with E-state index in [2.05, 4.69) is 6.07 Å². The highest BCUT2D eigenvalue weighted by Crippen LogP contribution is 2.29. The van der Waals surface area contributed by atoms with Gasteiger partial charge < -0.3 is 20.4 Å². The molecule has 4 heteroatoms. The topological polar surface area (TPSA) is 79.6 Å². The molecular formula is C20H23NO3. The molecule has 0 fully saturated rings. The molecule has 0 aliphatic rings. The fraction of sp³-hybridized carbons (Fsp3) is 0.300. The summed E-state index contributed by atoms with van der Waals surface area (Å²) in [5.74, 6) is 0.853. The number of rotatable bonds is 7. The predicted octanol–water partition coefficient (Wildman–Crippen LogP) is 3.10. The Balaban J connectivity index is 1.79. The minimum Gasteiger partial charge on any atom is -0.456 e. The van der Waals surface area contributed by atoms with E-state index in [1.54, 1.807) is 0 Å². The Morgan fingerprint density at radius 2 is 1.75 bits per heavy atom. The van der Waals surface area contributed by atoms with E-state index < -0.39 is 5.54 Å². The van der Waals surface area contributed by atoms with Crippen LogP contribution in [0.5, 0.6) is 0 Å². The molecule has 1 unspecified atom stereocenters. The normalized spacial score (nSPS) is 14.0. The molecule has 24 heavy (non-hydrogen) atoms. The van der Waals surface area contributed by atoms with Crippen molar-refractivity contribution in [3.05, 3.63) is 60.2 Å². The third-order valence-corrected chi connectivity index (χ3v) is 4.48. The van der Waals surface area contributed by atoms with Gasteiger partial charge in [0.05, 0.1) is 6.61 Å². The Labute approximate surface area is 141 Å². The average molecular weight is 325 g/mol. The van der Waals surface area contributed by atoms with Crippen molar-refractivity contribution >= 4 is 11.0 Å². The summed E-state index contributed by atoms with van der Waals surface area (Å²) in [6, 6.07) is 18.2. The first-order valence-electron chi connectivity index (χ1n) is 8.22. The minimum absolute atomic E-state index is 0.0156. The van der Waals surface area contributed by atoms with Crippen LogP contribution in [0.25, 0.3) is 22.3 Å². The fourth-order valence-corrected chi connectivity index (χ4v) is 2.89. The Bertz CT molecular complexity index is 797. The van der Waals surface area contributed by atoms with Crippen molar-refractivity contribution in [2.75, 3.05) is 13.2 Å². The molecule has 2 aromatic carbocycles. The average Bonchev–Trinajstić information content (AvgIpc) is 3.04. The highest BCUT2D eigenvalue weighted by Gasteiger charge is 2.23. The molecule has 0 aliphatic carbocycles. The lowest BCUT2D eigenvalue weighted by atomic mass is 9.90. The van der Waals surface area contributed by atoms with Crippen molar-refractivity contribution in [1.29, 1.82) is 0 Å². The lowest BCUT2D eigenvalue weighted by molar-refractivity contribution is 0.149. The molecule has 126 valence electrons. The van der Waals surface area contributed by atoms with Gasteiger partial charge in [-0.2, -0.15) is 0 Å². The summed E-state index contributed by atoms with van der Waals surface area (Å²) in [5.41, 5.74) is 8.45. The van der Waals surface area contributed by atoms with Crippen molar-refractivity contribution in [3.63, 3.8) is 0 Å². The molecule has 0 amide bonds. The minimum atomic E-state index is -0.727. The van der Waals surface area contributed by atoms with Gasteiger partial charge in [-0.05, 0) is 43.0 Å². The first-order chi connectivity index (χ1) is 11.6. The summed E-state index contributed by atoms with van der Waals surface area (Å²) >= 11 is 0. The van der Waals surface area contributed by atoms with Crippen LogP contribution in [-0.2, 0) is 6.42 Å². The standard InChI is InChI=1S/C20H23NO3/c21-20(14-23,10-11-22)9-8-15-6-7-18-17(12-15)13-19(24-18)16-4-2-1-3-5-16/h1-7,12-13,22-23H,8-11,14,21H2. The maximum Gasteiger partial charge on any atom is 0.135 e. The van der Waals surface area contributed by atoms with Crippen molar-refractivity contribution in [2.45, 2.75) is 24.8 Å². The van der Waals surface area contributed by atoms with Gasteiger partial charge in [-0.15, -0.1) is 0 Å². The van der Waals surface area contributed by atoms with Crippen LogP contribution in [0.4, 0.5) is 0 Å². The Hall–Kier alpha value is -2.14. The van der Waals surface area contributed by atoms with Gasteiger partial charge in [-0.1, -0.05) is 36.4 Å². The van der Waals surface area contributed by atoms with Gasteiger partial charge >= 0.3 is 0 Å². The number of aryl methyl sites for hydroxylation is 1. The van der Waals surface area contributed by atoms with Crippen LogP contribution in [0.1, 0.15) is 18.4 Å². The number of furan rings is 1. The maximum atomic E-state index is 9.44. The maximum absolute atomic E-state index is 9.44. The highest BCUT2D eigenvalue weighted by atomic mass is 16.3.